The first kappa shape index (κ1) is 15.8. The minimum atomic E-state index is -1.02. The average molecular weight is 356 g/mol. The van der Waals surface area contributed by atoms with E-state index in [1.54, 1.807) is 11.0 Å². The zero-order valence-electron chi connectivity index (χ0n) is 11.8. The number of piperazine rings is 1. The fraction of sp³-hybridized carbons (Fsp3) is 0.429. The SMILES string of the molecule is CCN1CCN(C(=O)Nc2cc(C(=O)O)ccc2Br)CC1. The molecule has 2 N–H and O–H groups in total. The van der Waals surface area contributed by atoms with Crippen LogP contribution in [0.1, 0.15) is 17.3 Å². The third-order valence-electron chi connectivity index (χ3n) is 3.56. The highest BCUT2D eigenvalue weighted by molar-refractivity contribution is 9.10. The van der Waals surface area contributed by atoms with E-state index >= 15 is 0 Å². The standard InChI is InChI=1S/C14H18BrN3O3/c1-2-17-5-7-18(8-6-17)14(21)16-12-9-10(13(19)20)3-4-11(12)15/h3-4,9H,2,5-8H2,1H3,(H,16,21)(H,19,20). The van der Waals surface area contributed by atoms with Crippen LogP contribution in [0.25, 0.3) is 0 Å². The number of carboxylic acid groups (broad SMARTS) is 1. The number of carbonyl (C=O) groups excluding carboxylic acids is 1. The molecule has 0 radical (unpaired) electrons. The molecule has 0 unspecified atom stereocenters. The Bertz CT molecular complexity index is 542. The number of hydrogen-bond acceptors (Lipinski definition) is 3. The summed E-state index contributed by atoms with van der Waals surface area (Å²) >= 11 is 3.32. The van der Waals surface area contributed by atoms with Crippen LogP contribution in [0.5, 0.6) is 0 Å². The third kappa shape index (κ3) is 3.95. The first-order valence-electron chi connectivity index (χ1n) is 6.82. The molecule has 21 heavy (non-hydrogen) atoms. The van der Waals surface area contributed by atoms with Gasteiger partial charge in [0.2, 0.25) is 0 Å². The van der Waals surface area contributed by atoms with E-state index in [1.165, 1.54) is 12.1 Å². The summed E-state index contributed by atoms with van der Waals surface area (Å²) in [6, 6.07) is 4.36. The van der Waals surface area contributed by atoms with E-state index < -0.39 is 5.97 Å². The molecule has 0 bridgehead atoms. The topological polar surface area (TPSA) is 72.9 Å². The van der Waals surface area contributed by atoms with E-state index in [1.807, 2.05) is 0 Å². The molecule has 7 heteroatoms. The van der Waals surface area contributed by atoms with E-state index in [0.29, 0.717) is 23.2 Å². The van der Waals surface area contributed by atoms with Crippen molar-refractivity contribution in [3.63, 3.8) is 0 Å². The highest BCUT2D eigenvalue weighted by Gasteiger charge is 2.21. The van der Waals surface area contributed by atoms with Crippen LogP contribution in [0.4, 0.5) is 10.5 Å². The number of carboxylic acids is 1. The van der Waals surface area contributed by atoms with Crippen molar-refractivity contribution < 1.29 is 14.7 Å². The van der Waals surface area contributed by atoms with Crippen molar-refractivity contribution in [1.29, 1.82) is 0 Å². The number of urea groups is 1. The molecule has 1 saturated heterocycles. The fourth-order valence-corrected chi connectivity index (χ4v) is 2.56. The molecule has 114 valence electrons. The van der Waals surface area contributed by atoms with Crippen LogP contribution in [0.3, 0.4) is 0 Å². The van der Waals surface area contributed by atoms with Crippen LogP contribution in [0, 0.1) is 0 Å². The van der Waals surface area contributed by atoms with Gasteiger partial charge in [-0.25, -0.2) is 9.59 Å². The second kappa shape index (κ2) is 6.91. The number of halogens is 1. The Balaban J connectivity index is 2.03. The smallest absolute Gasteiger partial charge is 0.335 e. The van der Waals surface area contributed by atoms with Crippen molar-refractivity contribution in [2.24, 2.45) is 0 Å². The monoisotopic (exact) mass is 355 g/mol. The van der Waals surface area contributed by atoms with Crippen molar-refractivity contribution in [2.45, 2.75) is 6.92 Å². The second-order valence-corrected chi connectivity index (χ2v) is 5.71. The molecule has 0 saturated carbocycles. The predicted molar refractivity (Wildman–Crippen MR) is 83.8 cm³/mol. The molecule has 6 nitrogen and oxygen atoms in total. The zero-order valence-corrected chi connectivity index (χ0v) is 13.4. The summed E-state index contributed by atoms with van der Waals surface area (Å²) in [5.41, 5.74) is 0.613. The molecule has 2 rings (SSSR count). The van der Waals surface area contributed by atoms with Crippen LogP contribution in [0.2, 0.25) is 0 Å². The van der Waals surface area contributed by atoms with Gasteiger partial charge in [-0.1, -0.05) is 6.92 Å². The summed E-state index contributed by atoms with van der Waals surface area (Å²) in [4.78, 5) is 27.2. The Kier molecular flexibility index (Phi) is 5.19. The summed E-state index contributed by atoms with van der Waals surface area (Å²) in [6.45, 7) is 6.16. The number of hydrogen-bond donors (Lipinski definition) is 2. The number of benzene rings is 1. The van der Waals surface area contributed by atoms with Gasteiger partial charge >= 0.3 is 12.0 Å². The molecule has 1 fully saturated rings. The Hall–Kier alpha value is -1.60. The lowest BCUT2D eigenvalue weighted by molar-refractivity contribution is 0.0697. The van der Waals surface area contributed by atoms with Crippen LogP contribution >= 0.6 is 15.9 Å². The Morgan fingerprint density at radius 2 is 1.95 bits per heavy atom. The normalized spacial score (nSPS) is 15.8. The lowest BCUT2D eigenvalue weighted by Gasteiger charge is -2.34. The van der Waals surface area contributed by atoms with E-state index in [4.69, 9.17) is 5.11 Å². The summed E-state index contributed by atoms with van der Waals surface area (Å²) in [5.74, 6) is -1.02. The first-order valence-corrected chi connectivity index (χ1v) is 7.61. The number of nitrogens with zero attached hydrogens (tertiary/aromatic N) is 2. The Morgan fingerprint density at radius 1 is 1.29 bits per heavy atom. The summed E-state index contributed by atoms with van der Waals surface area (Å²) in [6.07, 6.45) is 0. The van der Waals surface area contributed by atoms with Gasteiger partial charge in [0.05, 0.1) is 11.3 Å². The first-order chi connectivity index (χ1) is 10.0. The zero-order chi connectivity index (χ0) is 15.4. The molecule has 1 aromatic rings. The van der Waals surface area contributed by atoms with E-state index in [0.717, 1.165) is 19.6 Å². The molecular weight excluding hydrogens is 338 g/mol. The summed E-state index contributed by atoms with van der Waals surface area (Å²) in [5, 5.41) is 11.8. The number of carbonyl (C=O) groups is 2. The maximum absolute atomic E-state index is 12.2. The fourth-order valence-electron chi connectivity index (χ4n) is 2.22. The molecule has 1 aromatic carbocycles. The molecule has 0 spiro atoms. The minimum Gasteiger partial charge on any atom is -0.478 e. The Labute approximate surface area is 131 Å². The minimum absolute atomic E-state index is 0.143. The van der Waals surface area contributed by atoms with Crippen LogP contribution in [-0.4, -0.2) is 59.6 Å². The Morgan fingerprint density at radius 3 is 2.52 bits per heavy atom. The second-order valence-electron chi connectivity index (χ2n) is 4.85. The summed E-state index contributed by atoms with van der Waals surface area (Å²) in [7, 11) is 0. The molecule has 1 heterocycles. The van der Waals surface area contributed by atoms with Gasteiger partial charge in [0.15, 0.2) is 0 Å². The lowest BCUT2D eigenvalue weighted by atomic mass is 10.2. The van der Waals surface area contributed by atoms with Crippen molar-refractivity contribution in [3.8, 4) is 0 Å². The molecule has 2 amide bonds. The van der Waals surface area contributed by atoms with Crippen molar-refractivity contribution >= 4 is 33.6 Å². The molecule has 1 aliphatic rings. The molecule has 1 aliphatic heterocycles. The van der Waals surface area contributed by atoms with Crippen LogP contribution in [-0.2, 0) is 0 Å². The highest BCUT2D eigenvalue weighted by Crippen LogP contribution is 2.24. The van der Waals surface area contributed by atoms with Gasteiger partial charge in [-0.3, -0.25) is 0 Å². The maximum Gasteiger partial charge on any atom is 0.335 e. The van der Waals surface area contributed by atoms with Gasteiger partial charge in [-0.05, 0) is 40.7 Å². The van der Waals surface area contributed by atoms with Gasteiger partial charge < -0.3 is 20.2 Å². The number of rotatable bonds is 3. The molecule has 0 atom stereocenters. The van der Waals surface area contributed by atoms with Gasteiger partial charge in [-0.2, -0.15) is 0 Å². The van der Waals surface area contributed by atoms with Gasteiger partial charge in [-0.15, -0.1) is 0 Å². The number of likely N-dealkylation sites (N-methyl/N-ethyl adjacent to an activating group) is 1. The quantitative estimate of drug-likeness (QED) is 0.872. The van der Waals surface area contributed by atoms with Gasteiger partial charge in [0.1, 0.15) is 0 Å². The molecule has 0 aliphatic carbocycles. The molecular formula is C14H18BrN3O3. The van der Waals surface area contributed by atoms with Gasteiger partial charge in [0, 0.05) is 30.7 Å². The third-order valence-corrected chi connectivity index (χ3v) is 4.25. The van der Waals surface area contributed by atoms with Crippen molar-refractivity contribution in [1.82, 2.24) is 9.80 Å². The number of nitrogens with one attached hydrogen (secondary N) is 1. The van der Waals surface area contributed by atoms with E-state index in [9.17, 15) is 9.59 Å². The predicted octanol–water partition coefficient (Wildman–Crippen LogP) is 2.32. The molecule has 0 aromatic heterocycles. The number of anilines is 1. The van der Waals surface area contributed by atoms with E-state index in [-0.39, 0.29) is 11.6 Å². The van der Waals surface area contributed by atoms with Gasteiger partial charge in [0.25, 0.3) is 0 Å². The van der Waals surface area contributed by atoms with E-state index in [2.05, 4.69) is 33.1 Å². The van der Waals surface area contributed by atoms with Crippen LogP contribution < -0.4 is 5.32 Å². The average Bonchev–Trinajstić information content (AvgIpc) is 2.49. The number of aromatic carboxylic acids is 1. The summed E-state index contributed by atoms with van der Waals surface area (Å²) < 4.78 is 0.660. The number of amides is 2. The highest BCUT2D eigenvalue weighted by atomic mass is 79.9. The van der Waals surface area contributed by atoms with Crippen molar-refractivity contribution in [2.75, 3.05) is 38.0 Å². The largest absolute Gasteiger partial charge is 0.478 e. The lowest BCUT2D eigenvalue weighted by Crippen LogP contribution is -2.49. The van der Waals surface area contributed by atoms with Crippen LogP contribution in [0.15, 0.2) is 22.7 Å². The van der Waals surface area contributed by atoms with Crippen molar-refractivity contribution in [3.05, 3.63) is 28.2 Å². The maximum atomic E-state index is 12.2.